The summed E-state index contributed by atoms with van der Waals surface area (Å²) in [5, 5.41) is 0. The van der Waals surface area contributed by atoms with Crippen molar-refractivity contribution in [2.24, 2.45) is 0 Å². The lowest BCUT2D eigenvalue weighted by Gasteiger charge is -2.33. The fourth-order valence-electron chi connectivity index (χ4n) is 3.23. The van der Waals surface area contributed by atoms with Gasteiger partial charge >= 0.3 is 6.36 Å². The Morgan fingerprint density at radius 2 is 1.82 bits per heavy atom. The number of piperidine rings is 1. The Labute approximate surface area is 161 Å². The van der Waals surface area contributed by atoms with Crippen molar-refractivity contribution in [1.82, 2.24) is 4.90 Å². The third-order valence-electron chi connectivity index (χ3n) is 4.55. The Kier molecular flexibility index (Phi) is 6.57. The minimum atomic E-state index is -4.72. The summed E-state index contributed by atoms with van der Waals surface area (Å²) in [5.74, 6) is -0.211. The van der Waals surface area contributed by atoms with Gasteiger partial charge in [-0.3, -0.25) is 4.79 Å². The topological polar surface area (TPSA) is 38.8 Å². The first-order valence-electron chi connectivity index (χ1n) is 9.17. The van der Waals surface area contributed by atoms with Gasteiger partial charge in [0.05, 0.1) is 19.1 Å². The zero-order valence-corrected chi connectivity index (χ0v) is 15.3. The number of ether oxygens (including phenoxy) is 2. The molecule has 0 aliphatic carbocycles. The van der Waals surface area contributed by atoms with Gasteiger partial charge in [0, 0.05) is 13.1 Å². The molecule has 0 aromatic heterocycles. The van der Waals surface area contributed by atoms with Crippen LogP contribution >= 0.6 is 0 Å². The van der Waals surface area contributed by atoms with Gasteiger partial charge in [0.25, 0.3) is 0 Å². The summed E-state index contributed by atoms with van der Waals surface area (Å²) in [6, 6.07) is 15.3. The molecular formula is C21H22F3NO3. The third kappa shape index (κ3) is 6.27. The standard InChI is InChI=1S/C21H22F3NO3/c22-21(23,24)28-18-9-4-8-17(12-18)15-27-19-10-5-11-25(14-19)20(26)13-16-6-2-1-3-7-16/h1-4,6-9,12,19H,5,10-11,13-15H2. The van der Waals surface area contributed by atoms with E-state index in [0.717, 1.165) is 18.4 Å². The molecule has 1 fully saturated rings. The van der Waals surface area contributed by atoms with E-state index in [9.17, 15) is 18.0 Å². The average Bonchev–Trinajstić information content (AvgIpc) is 2.66. The number of likely N-dealkylation sites (tertiary alicyclic amines) is 1. The van der Waals surface area contributed by atoms with Crippen LogP contribution in [0.2, 0.25) is 0 Å². The Morgan fingerprint density at radius 3 is 2.57 bits per heavy atom. The molecule has 2 aromatic rings. The lowest BCUT2D eigenvalue weighted by Crippen LogP contribution is -2.43. The monoisotopic (exact) mass is 393 g/mol. The Balaban J connectivity index is 1.51. The van der Waals surface area contributed by atoms with Gasteiger partial charge < -0.3 is 14.4 Å². The lowest BCUT2D eigenvalue weighted by atomic mass is 10.1. The molecule has 4 nitrogen and oxygen atoms in total. The number of benzene rings is 2. The van der Waals surface area contributed by atoms with E-state index in [-0.39, 0.29) is 24.4 Å². The van der Waals surface area contributed by atoms with E-state index >= 15 is 0 Å². The predicted octanol–water partition coefficient (Wildman–Crippen LogP) is 4.34. The second-order valence-corrected chi connectivity index (χ2v) is 6.77. The number of carbonyl (C=O) groups is 1. The van der Waals surface area contributed by atoms with Crippen molar-refractivity contribution in [2.45, 2.75) is 38.3 Å². The van der Waals surface area contributed by atoms with Crippen molar-refractivity contribution < 1.29 is 27.4 Å². The van der Waals surface area contributed by atoms with E-state index in [0.29, 0.717) is 25.1 Å². The molecule has 1 saturated heterocycles. The number of hydrogen-bond donors (Lipinski definition) is 0. The van der Waals surface area contributed by atoms with E-state index in [1.54, 1.807) is 11.0 Å². The minimum absolute atomic E-state index is 0.0556. The number of carbonyl (C=O) groups excluding carboxylic acids is 1. The molecule has 1 amide bonds. The Bertz CT molecular complexity index is 780. The molecule has 7 heteroatoms. The summed E-state index contributed by atoms with van der Waals surface area (Å²) in [4.78, 5) is 14.3. The van der Waals surface area contributed by atoms with Crippen LogP contribution in [-0.4, -0.2) is 36.4 Å². The quantitative estimate of drug-likeness (QED) is 0.733. The van der Waals surface area contributed by atoms with Gasteiger partial charge in [-0.1, -0.05) is 42.5 Å². The second-order valence-electron chi connectivity index (χ2n) is 6.77. The van der Waals surface area contributed by atoms with Gasteiger partial charge in [0.1, 0.15) is 5.75 Å². The van der Waals surface area contributed by atoms with E-state index in [4.69, 9.17) is 4.74 Å². The molecule has 3 rings (SSSR count). The van der Waals surface area contributed by atoms with Crippen molar-refractivity contribution in [3.05, 3.63) is 65.7 Å². The summed E-state index contributed by atoms with van der Waals surface area (Å²) in [7, 11) is 0. The maximum absolute atomic E-state index is 12.5. The zero-order valence-electron chi connectivity index (χ0n) is 15.3. The van der Waals surface area contributed by atoms with Crippen LogP contribution in [0.25, 0.3) is 0 Å². The number of rotatable bonds is 6. The molecule has 0 spiro atoms. The first kappa shape index (κ1) is 20.2. The number of hydrogen-bond acceptors (Lipinski definition) is 3. The van der Waals surface area contributed by atoms with E-state index < -0.39 is 6.36 Å². The molecule has 0 bridgehead atoms. The summed E-state index contributed by atoms with van der Waals surface area (Å²) in [6.45, 7) is 1.35. The molecule has 1 heterocycles. The first-order valence-corrected chi connectivity index (χ1v) is 9.17. The normalized spacial score (nSPS) is 17.4. The van der Waals surface area contributed by atoms with Crippen molar-refractivity contribution in [3.8, 4) is 5.75 Å². The van der Waals surface area contributed by atoms with Gasteiger partial charge in [-0.15, -0.1) is 13.2 Å². The van der Waals surface area contributed by atoms with Crippen LogP contribution in [0.1, 0.15) is 24.0 Å². The molecule has 1 atom stereocenters. The number of amides is 1. The van der Waals surface area contributed by atoms with Gasteiger partial charge in [0.15, 0.2) is 0 Å². The van der Waals surface area contributed by atoms with Crippen LogP contribution < -0.4 is 4.74 Å². The van der Waals surface area contributed by atoms with E-state index in [2.05, 4.69) is 4.74 Å². The maximum Gasteiger partial charge on any atom is 0.573 e. The molecule has 1 unspecified atom stereocenters. The third-order valence-corrected chi connectivity index (χ3v) is 4.55. The molecule has 1 aliphatic heterocycles. The molecule has 150 valence electrons. The van der Waals surface area contributed by atoms with Crippen molar-refractivity contribution in [1.29, 1.82) is 0 Å². The highest BCUT2D eigenvalue weighted by Crippen LogP contribution is 2.24. The molecule has 0 N–H and O–H groups in total. The smallest absolute Gasteiger partial charge is 0.406 e. The highest BCUT2D eigenvalue weighted by atomic mass is 19.4. The predicted molar refractivity (Wildman–Crippen MR) is 97.7 cm³/mol. The number of halogens is 3. The van der Waals surface area contributed by atoms with Crippen molar-refractivity contribution >= 4 is 5.91 Å². The fraction of sp³-hybridized carbons (Fsp3) is 0.381. The highest BCUT2D eigenvalue weighted by Gasteiger charge is 2.31. The van der Waals surface area contributed by atoms with Crippen LogP contribution in [0.3, 0.4) is 0 Å². The van der Waals surface area contributed by atoms with Gasteiger partial charge in [0.2, 0.25) is 5.91 Å². The van der Waals surface area contributed by atoms with Crippen LogP contribution in [0.5, 0.6) is 5.75 Å². The van der Waals surface area contributed by atoms with Crippen molar-refractivity contribution in [2.75, 3.05) is 13.1 Å². The minimum Gasteiger partial charge on any atom is -0.406 e. The van der Waals surface area contributed by atoms with Gasteiger partial charge in [-0.05, 0) is 36.1 Å². The Hall–Kier alpha value is -2.54. The molecule has 28 heavy (non-hydrogen) atoms. The van der Waals surface area contributed by atoms with E-state index in [1.165, 1.54) is 18.2 Å². The number of nitrogens with zero attached hydrogens (tertiary/aromatic N) is 1. The molecule has 0 radical (unpaired) electrons. The maximum atomic E-state index is 12.5. The average molecular weight is 393 g/mol. The fourth-order valence-corrected chi connectivity index (χ4v) is 3.23. The molecule has 2 aromatic carbocycles. The SMILES string of the molecule is O=C(Cc1ccccc1)N1CCCC(OCc2cccc(OC(F)(F)F)c2)C1. The summed E-state index contributed by atoms with van der Waals surface area (Å²) in [5.41, 5.74) is 1.56. The molecule has 0 saturated carbocycles. The van der Waals surface area contributed by atoms with Crippen LogP contribution in [0, 0.1) is 0 Å². The van der Waals surface area contributed by atoms with Crippen LogP contribution in [0.15, 0.2) is 54.6 Å². The summed E-state index contributed by atoms with van der Waals surface area (Å²) >= 11 is 0. The zero-order chi connectivity index (χ0) is 20.0. The molecule has 1 aliphatic rings. The highest BCUT2D eigenvalue weighted by molar-refractivity contribution is 5.78. The second kappa shape index (κ2) is 9.10. The van der Waals surface area contributed by atoms with Crippen molar-refractivity contribution in [3.63, 3.8) is 0 Å². The van der Waals surface area contributed by atoms with Gasteiger partial charge in [-0.2, -0.15) is 0 Å². The number of alkyl halides is 3. The Morgan fingerprint density at radius 1 is 1.07 bits per heavy atom. The summed E-state index contributed by atoms with van der Waals surface area (Å²) < 4.78 is 46.8. The molecular weight excluding hydrogens is 371 g/mol. The van der Waals surface area contributed by atoms with Gasteiger partial charge in [-0.25, -0.2) is 0 Å². The van der Waals surface area contributed by atoms with Crippen LogP contribution in [0.4, 0.5) is 13.2 Å². The summed E-state index contributed by atoms with van der Waals surface area (Å²) in [6.07, 6.45) is -2.86. The lowest BCUT2D eigenvalue weighted by molar-refractivity contribution is -0.274. The largest absolute Gasteiger partial charge is 0.573 e. The van der Waals surface area contributed by atoms with Crippen LogP contribution in [-0.2, 0) is 22.6 Å². The van der Waals surface area contributed by atoms with E-state index in [1.807, 2.05) is 30.3 Å². The first-order chi connectivity index (χ1) is 13.4.